The summed E-state index contributed by atoms with van der Waals surface area (Å²) in [6, 6.07) is 7.86. The molecule has 1 N–H and O–H groups in total. The maximum atomic E-state index is 13.4. The molecule has 8 heteroatoms. The molecule has 0 aliphatic carbocycles. The number of hydrogen-bond acceptors (Lipinski definition) is 1. The van der Waals surface area contributed by atoms with Crippen LogP contribution in [0.5, 0.6) is 0 Å². The summed E-state index contributed by atoms with van der Waals surface area (Å²) < 4.78 is 40.3. The van der Waals surface area contributed by atoms with E-state index in [1.54, 1.807) is 6.07 Å². The maximum Gasteiger partial charge on any atom is 0.399 e. The van der Waals surface area contributed by atoms with Gasteiger partial charge in [0.15, 0.2) is 0 Å². The highest BCUT2D eigenvalue weighted by Crippen LogP contribution is 2.41. The third-order valence-electron chi connectivity index (χ3n) is 3.73. The van der Waals surface area contributed by atoms with Crippen LogP contribution in [0, 0.1) is 13.8 Å². The van der Waals surface area contributed by atoms with E-state index in [4.69, 9.17) is 44.7 Å². The smallest absolute Gasteiger partial charge is 0.399 e. The number of allylic oxidation sites excluding steroid dienone is 1. The average molecular weight is 440 g/mol. The number of carbonyl (C=O) groups is 1. The van der Waals surface area contributed by atoms with E-state index in [0.717, 1.165) is 17.2 Å². The molecule has 0 aliphatic rings. The van der Waals surface area contributed by atoms with Crippen LogP contribution in [-0.2, 0) is 4.79 Å². The van der Waals surface area contributed by atoms with Crippen LogP contribution in [0.1, 0.15) is 28.2 Å². The Morgan fingerprint density at radius 1 is 1.00 bits per heavy atom. The Bertz CT molecular complexity index is 810. The Morgan fingerprint density at radius 2 is 1.52 bits per heavy atom. The Morgan fingerprint density at radius 3 is 1.96 bits per heavy atom. The van der Waals surface area contributed by atoms with Crippen LogP contribution in [0.4, 0.5) is 13.2 Å². The lowest BCUT2D eigenvalue weighted by atomic mass is 9.96. The van der Waals surface area contributed by atoms with Gasteiger partial charge >= 0.3 is 6.18 Å². The lowest BCUT2D eigenvalue weighted by Gasteiger charge is -2.18. The largest absolute Gasteiger partial charge is 0.483 e. The SMILES string of the molecule is Cc1ccc(/C=C/C(c2cc(Cl)c(Cl)c(Cl)c2)C(F)(F)F)cc1C.O=CO. The van der Waals surface area contributed by atoms with E-state index < -0.39 is 12.1 Å². The van der Waals surface area contributed by atoms with E-state index in [1.807, 2.05) is 26.0 Å². The minimum Gasteiger partial charge on any atom is -0.483 e. The zero-order valence-corrected chi connectivity index (χ0v) is 16.6. The highest BCUT2D eigenvalue weighted by atomic mass is 35.5. The molecule has 0 heterocycles. The van der Waals surface area contributed by atoms with E-state index in [0.29, 0.717) is 5.56 Å². The zero-order chi connectivity index (χ0) is 20.8. The second-order valence-electron chi connectivity index (χ2n) is 5.63. The molecule has 0 aliphatic heterocycles. The normalized spacial score (nSPS) is 12.4. The van der Waals surface area contributed by atoms with Crippen molar-refractivity contribution in [3.63, 3.8) is 0 Å². The minimum atomic E-state index is -4.48. The van der Waals surface area contributed by atoms with Crippen LogP contribution in [-0.4, -0.2) is 17.8 Å². The number of aryl methyl sites for hydroxylation is 2. The Labute approximate surface area is 170 Å². The quantitative estimate of drug-likeness (QED) is 0.402. The molecule has 1 atom stereocenters. The second kappa shape index (κ2) is 10.0. The Kier molecular flexibility index (Phi) is 8.66. The molecule has 0 radical (unpaired) electrons. The lowest BCUT2D eigenvalue weighted by Crippen LogP contribution is -2.19. The summed E-state index contributed by atoms with van der Waals surface area (Å²) in [5.41, 5.74) is 2.73. The topological polar surface area (TPSA) is 37.3 Å². The molecule has 0 saturated carbocycles. The van der Waals surface area contributed by atoms with Gasteiger partial charge in [0.1, 0.15) is 0 Å². The van der Waals surface area contributed by atoms with Gasteiger partial charge in [-0.15, -0.1) is 0 Å². The number of halogens is 6. The minimum absolute atomic E-state index is 0.00648. The van der Waals surface area contributed by atoms with Crippen molar-refractivity contribution in [2.24, 2.45) is 0 Å². The first-order valence-corrected chi connectivity index (χ1v) is 8.69. The first kappa shape index (κ1) is 23.3. The van der Waals surface area contributed by atoms with Gasteiger partial charge in [-0.3, -0.25) is 4.79 Å². The van der Waals surface area contributed by atoms with E-state index in [-0.39, 0.29) is 27.1 Å². The van der Waals surface area contributed by atoms with Crippen LogP contribution in [0.2, 0.25) is 15.1 Å². The van der Waals surface area contributed by atoms with Crippen molar-refractivity contribution < 1.29 is 23.1 Å². The average Bonchev–Trinajstić information content (AvgIpc) is 2.55. The fourth-order valence-corrected chi connectivity index (χ4v) is 2.85. The van der Waals surface area contributed by atoms with Gasteiger partial charge in [0.05, 0.1) is 21.0 Å². The van der Waals surface area contributed by atoms with E-state index in [2.05, 4.69) is 0 Å². The maximum absolute atomic E-state index is 13.4. The van der Waals surface area contributed by atoms with Gasteiger partial charge in [-0.1, -0.05) is 65.2 Å². The third-order valence-corrected chi connectivity index (χ3v) is 4.93. The summed E-state index contributed by atoms with van der Waals surface area (Å²) in [4.78, 5) is 8.36. The monoisotopic (exact) mass is 438 g/mol. The molecular weight excluding hydrogens is 424 g/mol. The van der Waals surface area contributed by atoms with Gasteiger partial charge in [0, 0.05) is 0 Å². The van der Waals surface area contributed by atoms with Gasteiger partial charge < -0.3 is 5.11 Å². The van der Waals surface area contributed by atoms with E-state index in [9.17, 15) is 13.2 Å². The van der Waals surface area contributed by atoms with Gasteiger partial charge in [-0.25, -0.2) is 0 Å². The summed E-state index contributed by atoms with van der Waals surface area (Å²) in [5.74, 6) is -1.83. The van der Waals surface area contributed by atoms with Crippen molar-refractivity contribution in [1.29, 1.82) is 0 Å². The highest BCUT2D eigenvalue weighted by Gasteiger charge is 2.39. The highest BCUT2D eigenvalue weighted by molar-refractivity contribution is 6.48. The zero-order valence-electron chi connectivity index (χ0n) is 14.3. The molecule has 2 aromatic carbocycles. The lowest BCUT2D eigenvalue weighted by molar-refractivity contribution is -0.139. The summed E-state index contributed by atoms with van der Waals surface area (Å²) in [6.45, 7) is 3.60. The van der Waals surface area contributed by atoms with Crippen LogP contribution >= 0.6 is 34.8 Å². The molecular formula is C19H16Cl3F3O2. The van der Waals surface area contributed by atoms with Crippen LogP contribution in [0.3, 0.4) is 0 Å². The van der Waals surface area contributed by atoms with Gasteiger partial charge in [0.25, 0.3) is 6.47 Å². The molecule has 27 heavy (non-hydrogen) atoms. The van der Waals surface area contributed by atoms with Crippen molar-refractivity contribution >= 4 is 47.4 Å². The number of rotatable bonds is 3. The van der Waals surface area contributed by atoms with Crippen molar-refractivity contribution in [2.45, 2.75) is 25.9 Å². The fraction of sp³-hybridized carbons (Fsp3) is 0.211. The first-order chi connectivity index (χ1) is 12.5. The van der Waals surface area contributed by atoms with Crippen molar-refractivity contribution in [1.82, 2.24) is 0 Å². The van der Waals surface area contributed by atoms with Crippen molar-refractivity contribution in [3.8, 4) is 0 Å². The van der Waals surface area contributed by atoms with Crippen molar-refractivity contribution in [3.05, 3.63) is 73.7 Å². The molecule has 2 nitrogen and oxygen atoms in total. The molecule has 0 aromatic heterocycles. The van der Waals surface area contributed by atoms with Crippen molar-refractivity contribution in [2.75, 3.05) is 0 Å². The van der Waals surface area contributed by atoms with E-state index in [1.165, 1.54) is 18.2 Å². The second-order valence-corrected chi connectivity index (χ2v) is 6.82. The standard InChI is InChI=1S/C18H14Cl3F3.CH2O2/c1-10-3-4-12(7-11(10)2)5-6-14(18(22,23)24)13-8-15(19)17(21)16(20)9-13;2-1-3/h3-9,14H,1-2H3;1H,(H,2,3)/b6-5+;. The predicted octanol–water partition coefficient (Wildman–Crippen LogP) is 7.32. The molecule has 0 spiro atoms. The van der Waals surface area contributed by atoms with E-state index >= 15 is 0 Å². The van der Waals surface area contributed by atoms with Crippen LogP contribution in [0.25, 0.3) is 6.08 Å². The molecule has 146 valence electrons. The first-order valence-electron chi connectivity index (χ1n) is 7.55. The molecule has 0 fully saturated rings. The van der Waals surface area contributed by atoms with Gasteiger partial charge in [0.2, 0.25) is 0 Å². The summed E-state index contributed by atoms with van der Waals surface area (Å²) in [5, 5.41) is 6.92. The molecule has 1 unspecified atom stereocenters. The molecule has 0 amide bonds. The van der Waals surface area contributed by atoms with Crippen LogP contribution < -0.4 is 0 Å². The number of hydrogen-bond donors (Lipinski definition) is 1. The molecule has 0 bridgehead atoms. The summed E-state index contributed by atoms with van der Waals surface area (Å²) >= 11 is 17.5. The predicted molar refractivity (Wildman–Crippen MR) is 104 cm³/mol. The Balaban J connectivity index is 0.00000114. The number of alkyl halides is 3. The number of carboxylic acid groups (broad SMARTS) is 1. The van der Waals surface area contributed by atoms with Gasteiger partial charge in [-0.05, 0) is 48.2 Å². The molecule has 2 rings (SSSR count). The summed E-state index contributed by atoms with van der Waals surface area (Å²) in [7, 11) is 0. The van der Waals surface area contributed by atoms with Crippen LogP contribution in [0.15, 0.2) is 36.4 Å². The molecule has 0 saturated heterocycles. The fourth-order valence-electron chi connectivity index (χ4n) is 2.24. The molecule has 2 aromatic rings. The Hall–Kier alpha value is -1.69. The number of benzene rings is 2. The summed E-state index contributed by atoms with van der Waals surface area (Å²) in [6.07, 6.45) is -1.93. The van der Waals surface area contributed by atoms with Gasteiger partial charge in [-0.2, -0.15) is 13.2 Å². The third kappa shape index (κ3) is 6.76.